The highest BCUT2D eigenvalue weighted by Gasteiger charge is 2.18. The summed E-state index contributed by atoms with van der Waals surface area (Å²) in [6.45, 7) is 2.25. The highest BCUT2D eigenvalue weighted by atomic mass is 35.5. The minimum absolute atomic E-state index is 0.148. The van der Waals surface area contributed by atoms with E-state index >= 15 is 0 Å². The molecule has 1 N–H and O–H groups in total. The first-order chi connectivity index (χ1) is 18.4. The maximum absolute atomic E-state index is 13.3. The van der Waals surface area contributed by atoms with Crippen LogP contribution in [0, 0.1) is 6.92 Å². The van der Waals surface area contributed by atoms with Crippen molar-refractivity contribution in [3.8, 4) is 16.9 Å². The number of hydrogen-bond donors (Lipinski definition) is 1. The number of rotatable bonds is 6. The van der Waals surface area contributed by atoms with Crippen LogP contribution in [0.2, 0.25) is 5.02 Å². The second-order valence-electron chi connectivity index (χ2n) is 8.55. The fourth-order valence-corrected chi connectivity index (χ4v) is 5.71. The quantitative estimate of drug-likeness (QED) is 0.279. The molecule has 38 heavy (non-hydrogen) atoms. The molecule has 0 unspecified atom stereocenters. The van der Waals surface area contributed by atoms with Gasteiger partial charge in [-0.15, -0.1) is 11.3 Å². The van der Waals surface area contributed by atoms with E-state index < -0.39 is 5.97 Å². The second-order valence-corrected chi connectivity index (χ2v) is 9.87. The molecule has 0 saturated carbocycles. The number of thiophene rings is 1. The predicted molar refractivity (Wildman–Crippen MR) is 146 cm³/mol. The van der Waals surface area contributed by atoms with Crippen LogP contribution in [0.4, 0.5) is 0 Å². The largest absolute Gasteiger partial charge is 0.491 e. The van der Waals surface area contributed by atoms with Crippen LogP contribution >= 0.6 is 22.9 Å². The van der Waals surface area contributed by atoms with Crippen molar-refractivity contribution in [2.75, 3.05) is 6.61 Å². The Hall–Kier alpha value is -4.41. The summed E-state index contributed by atoms with van der Waals surface area (Å²) in [4.78, 5) is 33.9. The Bertz CT molecular complexity index is 1950. The van der Waals surface area contributed by atoms with Gasteiger partial charge in [0.05, 0.1) is 45.6 Å². The third-order valence-corrected chi connectivity index (χ3v) is 7.57. The van der Waals surface area contributed by atoms with E-state index in [4.69, 9.17) is 16.3 Å². The van der Waals surface area contributed by atoms with E-state index in [-0.39, 0.29) is 24.3 Å². The average molecular weight is 544 g/mol. The standard InChI is InChI=1S/C27H18ClN5O4S/c1-14-32-23-18(4-2-15-11-30-31-12-20(15)23)26(34)33(14)8-9-37-22-5-3-16(28)10-19(22)17-6-7-29-24-21(27(35)36)13-38-25(17)24/h2-7,10-13H,8-9H2,1H3,(H,35,36). The molecule has 0 aliphatic carbocycles. The van der Waals surface area contributed by atoms with E-state index in [9.17, 15) is 14.7 Å². The van der Waals surface area contributed by atoms with Crippen molar-refractivity contribution in [1.82, 2.24) is 24.7 Å². The number of aryl methyl sites for hydroxylation is 1. The van der Waals surface area contributed by atoms with Crippen LogP contribution in [0.1, 0.15) is 16.2 Å². The summed E-state index contributed by atoms with van der Waals surface area (Å²) in [5.41, 5.74) is 2.46. The molecule has 0 aliphatic heterocycles. The summed E-state index contributed by atoms with van der Waals surface area (Å²) in [5.74, 6) is 0.0766. The van der Waals surface area contributed by atoms with Crippen molar-refractivity contribution < 1.29 is 14.6 Å². The molecule has 6 aromatic rings. The molecule has 9 nitrogen and oxygen atoms in total. The van der Waals surface area contributed by atoms with Crippen LogP contribution in [-0.2, 0) is 6.54 Å². The molecule has 188 valence electrons. The molecule has 0 amide bonds. The number of carboxylic acid groups (broad SMARTS) is 1. The van der Waals surface area contributed by atoms with Gasteiger partial charge in [0.25, 0.3) is 5.56 Å². The van der Waals surface area contributed by atoms with Gasteiger partial charge < -0.3 is 9.84 Å². The maximum Gasteiger partial charge on any atom is 0.338 e. The van der Waals surface area contributed by atoms with Gasteiger partial charge in [0.2, 0.25) is 0 Å². The van der Waals surface area contributed by atoms with Gasteiger partial charge in [-0.3, -0.25) is 14.3 Å². The Morgan fingerprint density at radius 2 is 1.92 bits per heavy atom. The van der Waals surface area contributed by atoms with Gasteiger partial charge in [-0.2, -0.15) is 10.2 Å². The van der Waals surface area contributed by atoms with Crippen molar-refractivity contribution in [3.63, 3.8) is 0 Å². The van der Waals surface area contributed by atoms with Crippen LogP contribution in [0.3, 0.4) is 0 Å². The highest BCUT2D eigenvalue weighted by molar-refractivity contribution is 7.18. The van der Waals surface area contributed by atoms with Crippen molar-refractivity contribution in [3.05, 3.63) is 87.1 Å². The molecule has 6 rings (SSSR count). The summed E-state index contributed by atoms with van der Waals surface area (Å²) in [7, 11) is 0. The Morgan fingerprint density at radius 3 is 2.76 bits per heavy atom. The number of aromatic carboxylic acids is 1. The molecule has 0 bridgehead atoms. The summed E-state index contributed by atoms with van der Waals surface area (Å²) in [5, 5.41) is 21.5. The number of aromatic nitrogens is 5. The van der Waals surface area contributed by atoms with Crippen molar-refractivity contribution in [2.24, 2.45) is 0 Å². The summed E-state index contributed by atoms with van der Waals surface area (Å²) in [6, 6.07) is 10.6. The second kappa shape index (κ2) is 9.47. The minimum Gasteiger partial charge on any atom is -0.491 e. The number of halogens is 1. The number of benzene rings is 2. The van der Waals surface area contributed by atoms with Gasteiger partial charge in [0.15, 0.2) is 0 Å². The lowest BCUT2D eigenvalue weighted by Crippen LogP contribution is -2.26. The molecule has 11 heteroatoms. The minimum atomic E-state index is -1.03. The molecular formula is C27H18ClN5O4S. The SMILES string of the molecule is Cc1nc2c(ccc3cnncc32)c(=O)n1CCOc1ccc(Cl)cc1-c1ccnc2c(C(=O)O)csc12. The van der Waals surface area contributed by atoms with Crippen molar-refractivity contribution in [1.29, 1.82) is 0 Å². The van der Waals surface area contributed by atoms with Crippen LogP contribution < -0.4 is 10.3 Å². The third-order valence-electron chi connectivity index (χ3n) is 6.33. The lowest BCUT2D eigenvalue weighted by molar-refractivity contribution is 0.0699. The first kappa shape index (κ1) is 24.0. The first-order valence-corrected chi connectivity index (χ1v) is 12.8. The van der Waals surface area contributed by atoms with E-state index in [2.05, 4.69) is 20.2 Å². The zero-order chi connectivity index (χ0) is 26.4. The zero-order valence-electron chi connectivity index (χ0n) is 19.9. The summed E-state index contributed by atoms with van der Waals surface area (Å²) in [6.07, 6.45) is 4.83. The zero-order valence-corrected chi connectivity index (χ0v) is 21.5. The van der Waals surface area contributed by atoms with E-state index in [1.54, 1.807) is 65.8 Å². The third kappa shape index (κ3) is 4.04. The molecule has 4 aromatic heterocycles. The Kier molecular flexibility index (Phi) is 5.97. The number of pyridine rings is 1. The van der Waals surface area contributed by atoms with E-state index in [1.165, 1.54) is 11.3 Å². The van der Waals surface area contributed by atoms with Crippen molar-refractivity contribution in [2.45, 2.75) is 13.5 Å². The number of fused-ring (bicyclic) bond motifs is 4. The van der Waals surface area contributed by atoms with Gasteiger partial charge in [0, 0.05) is 38.5 Å². The van der Waals surface area contributed by atoms with Crippen LogP contribution in [0.5, 0.6) is 5.75 Å². The van der Waals surface area contributed by atoms with E-state index in [0.717, 1.165) is 21.0 Å². The molecule has 0 spiro atoms. The van der Waals surface area contributed by atoms with Crippen molar-refractivity contribution >= 4 is 60.8 Å². The lowest BCUT2D eigenvalue weighted by Gasteiger charge is -2.15. The molecule has 0 aliphatic rings. The smallest absolute Gasteiger partial charge is 0.338 e. The number of ether oxygens (including phenoxy) is 1. The number of carboxylic acids is 1. The van der Waals surface area contributed by atoms with Gasteiger partial charge in [-0.1, -0.05) is 17.7 Å². The molecular weight excluding hydrogens is 526 g/mol. The average Bonchev–Trinajstić information content (AvgIpc) is 3.36. The highest BCUT2D eigenvalue weighted by Crippen LogP contribution is 2.39. The fourth-order valence-electron chi connectivity index (χ4n) is 4.51. The fraction of sp³-hybridized carbons (Fsp3) is 0.111. The Morgan fingerprint density at radius 1 is 1.08 bits per heavy atom. The summed E-state index contributed by atoms with van der Waals surface area (Å²) < 4.78 is 8.46. The van der Waals surface area contributed by atoms with Gasteiger partial charge >= 0.3 is 5.97 Å². The molecule has 0 saturated heterocycles. The topological polar surface area (TPSA) is 120 Å². The monoisotopic (exact) mass is 543 g/mol. The Balaban J connectivity index is 1.33. The summed E-state index contributed by atoms with van der Waals surface area (Å²) >= 11 is 7.62. The Labute approximate surface area is 224 Å². The maximum atomic E-state index is 13.3. The molecule has 0 fully saturated rings. The first-order valence-electron chi connectivity index (χ1n) is 11.5. The predicted octanol–water partition coefficient (Wildman–Crippen LogP) is 5.36. The van der Waals surface area contributed by atoms with Crippen LogP contribution in [-0.4, -0.2) is 42.4 Å². The molecule has 0 atom stereocenters. The van der Waals surface area contributed by atoms with E-state index in [1.807, 2.05) is 6.07 Å². The molecule has 4 heterocycles. The van der Waals surface area contributed by atoms with Crippen LogP contribution in [0.15, 0.2) is 65.2 Å². The molecule has 0 radical (unpaired) electrons. The van der Waals surface area contributed by atoms with Gasteiger partial charge in [-0.25, -0.2) is 9.78 Å². The normalized spacial score (nSPS) is 11.4. The van der Waals surface area contributed by atoms with Gasteiger partial charge in [-0.05, 0) is 37.3 Å². The molecule has 2 aromatic carbocycles. The number of carbonyl (C=O) groups is 1. The van der Waals surface area contributed by atoms with E-state index in [0.29, 0.717) is 38.6 Å². The van der Waals surface area contributed by atoms with Crippen LogP contribution in [0.25, 0.3) is 43.0 Å². The number of nitrogens with zero attached hydrogens (tertiary/aromatic N) is 5. The lowest BCUT2D eigenvalue weighted by atomic mass is 10.0. The van der Waals surface area contributed by atoms with Gasteiger partial charge in [0.1, 0.15) is 18.2 Å². The number of hydrogen-bond acceptors (Lipinski definition) is 8.